The fourth-order valence-corrected chi connectivity index (χ4v) is 3.51. The van der Waals surface area contributed by atoms with Crippen molar-refractivity contribution in [2.75, 3.05) is 32.9 Å². The van der Waals surface area contributed by atoms with Crippen molar-refractivity contribution in [2.24, 2.45) is 5.92 Å². The number of likely N-dealkylation sites (tertiary alicyclic amines) is 1. The van der Waals surface area contributed by atoms with Gasteiger partial charge in [-0.25, -0.2) is 0 Å². The van der Waals surface area contributed by atoms with E-state index in [0.717, 1.165) is 50.2 Å². The highest BCUT2D eigenvalue weighted by Gasteiger charge is 2.26. The number of hydrogen-bond donors (Lipinski definition) is 0. The second-order valence-electron chi connectivity index (χ2n) is 6.26. The Bertz CT molecular complexity index is 585. The Labute approximate surface area is 147 Å². The monoisotopic (exact) mass is 353 g/mol. The van der Waals surface area contributed by atoms with E-state index in [0.29, 0.717) is 30.6 Å². The largest absolute Gasteiger partial charge is 0.489 e. The highest BCUT2D eigenvalue weighted by Crippen LogP contribution is 2.38. The maximum absolute atomic E-state index is 11.8. The van der Waals surface area contributed by atoms with E-state index in [9.17, 15) is 4.79 Å². The van der Waals surface area contributed by atoms with Gasteiger partial charge in [0.25, 0.3) is 0 Å². The smallest absolute Gasteiger partial charge is 0.309 e. The summed E-state index contributed by atoms with van der Waals surface area (Å²) in [7, 11) is 0. The van der Waals surface area contributed by atoms with Gasteiger partial charge in [0.05, 0.1) is 30.8 Å². The lowest BCUT2D eigenvalue weighted by Crippen LogP contribution is -2.36. The molecule has 1 fully saturated rings. The van der Waals surface area contributed by atoms with Crippen LogP contribution in [0.2, 0.25) is 5.02 Å². The number of piperidine rings is 1. The molecule has 0 unspecified atom stereocenters. The van der Waals surface area contributed by atoms with Crippen molar-refractivity contribution in [2.45, 2.75) is 32.7 Å². The highest BCUT2D eigenvalue weighted by molar-refractivity contribution is 6.32. The first-order valence-corrected chi connectivity index (χ1v) is 9.02. The molecule has 24 heavy (non-hydrogen) atoms. The van der Waals surface area contributed by atoms with E-state index in [-0.39, 0.29) is 11.9 Å². The van der Waals surface area contributed by atoms with Crippen molar-refractivity contribution < 1.29 is 19.0 Å². The Morgan fingerprint density at radius 2 is 2.04 bits per heavy atom. The van der Waals surface area contributed by atoms with Gasteiger partial charge in [-0.1, -0.05) is 11.6 Å². The second-order valence-corrected chi connectivity index (χ2v) is 6.67. The van der Waals surface area contributed by atoms with Gasteiger partial charge in [0.1, 0.15) is 0 Å². The maximum atomic E-state index is 11.8. The van der Waals surface area contributed by atoms with Gasteiger partial charge in [0, 0.05) is 13.0 Å². The van der Waals surface area contributed by atoms with Crippen molar-refractivity contribution >= 4 is 17.6 Å². The zero-order valence-electron chi connectivity index (χ0n) is 14.1. The fourth-order valence-electron chi connectivity index (χ4n) is 3.22. The number of fused-ring (bicyclic) bond motifs is 1. The average Bonchev–Trinajstić information content (AvgIpc) is 2.81. The first kappa shape index (κ1) is 17.4. The predicted molar refractivity (Wildman–Crippen MR) is 91.7 cm³/mol. The molecule has 0 amide bonds. The summed E-state index contributed by atoms with van der Waals surface area (Å²) >= 11 is 6.35. The topological polar surface area (TPSA) is 48.0 Å². The normalized spacial score (nSPS) is 18.9. The van der Waals surface area contributed by atoms with Crippen molar-refractivity contribution in [3.05, 3.63) is 22.7 Å². The molecule has 1 aromatic rings. The number of hydrogen-bond acceptors (Lipinski definition) is 5. The van der Waals surface area contributed by atoms with E-state index in [1.807, 2.05) is 19.1 Å². The van der Waals surface area contributed by atoms with Gasteiger partial charge in [0.2, 0.25) is 0 Å². The summed E-state index contributed by atoms with van der Waals surface area (Å²) in [5.41, 5.74) is 1.11. The minimum Gasteiger partial charge on any atom is -0.489 e. The molecule has 0 aliphatic carbocycles. The van der Waals surface area contributed by atoms with Gasteiger partial charge in [-0.2, -0.15) is 0 Å². The quantitative estimate of drug-likeness (QED) is 0.777. The Balaban J connectivity index is 1.60. The van der Waals surface area contributed by atoms with Gasteiger partial charge < -0.3 is 14.2 Å². The average molecular weight is 354 g/mol. The van der Waals surface area contributed by atoms with E-state index >= 15 is 0 Å². The van der Waals surface area contributed by atoms with Gasteiger partial charge >= 0.3 is 5.97 Å². The van der Waals surface area contributed by atoms with Crippen molar-refractivity contribution in [1.82, 2.24) is 4.90 Å². The van der Waals surface area contributed by atoms with E-state index < -0.39 is 0 Å². The molecule has 2 aliphatic rings. The minimum absolute atomic E-state index is 0.0357. The summed E-state index contributed by atoms with van der Waals surface area (Å²) < 4.78 is 16.5. The molecule has 0 bridgehead atoms. The Morgan fingerprint density at radius 1 is 1.29 bits per heavy atom. The molecule has 0 radical (unpaired) electrons. The molecular formula is C18H24ClNO4. The van der Waals surface area contributed by atoms with Crippen molar-refractivity contribution in [3.8, 4) is 11.5 Å². The van der Waals surface area contributed by atoms with E-state index in [1.54, 1.807) is 0 Å². The first-order valence-electron chi connectivity index (χ1n) is 8.64. The van der Waals surface area contributed by atoms with Crippen LogP contribution in [0.25, 0.3) is 0 Å². The molecule has 0 atom stereocenters. The van der Waals surface area contributed by atoms with Crippen LogP contribution in [0.5, 0.6) is 11.5 Å². The fraction of sp³-hybridized carbons (Fsp3) is 0.611. The van der Waals surface area contributed by atoms with E-state index in [1.165, 1.54) is 0 Å². The molecule has 1 aromatic carbocycles. The van der Waals surface area contributed by atoms with Crippen LogP contribution in [0.15, 0.2) is 12.1 Å². The summed E-state index contributed by atoms with van der Waals surface area (Å²) in [5.74, 6) is 1.36. The zero-order chi connectivity index (χ0) is 16.9. The number of carbonyl (C=O) groups is 1. The maximum Gasteiger partial charge on any atom is 0.309 e. The van der Waals surface area contributed by atoms with Crippen LogP contribution in [0.3, 0.4) is 0 Å². The lowest BCUT2D eigenvalue weighted by atomic mass is 9.96. The van der Waals surface area contributed by atoms with Crippen LogP contribution in [0, 0.1) is 5.92 Å². The van der Waals surface area contributed by atoms with E-state index in [2.05, 4.69) is 4.90 Å². The standard InChI is InChI=1S/C18H24ClNO4/c1-2-22-18(21)14-4-6-20(7-5-14)12-13-10-15(19)17-16(11-13)23-8-3-9-24-17/h10-11,14H,2-9,12H2,1H3. The molecule has 0 saturated carbocycles. The molecule has 132 valence electrons. The number of halogens is 1. The second kappa shape index (κ2) is 8.08. The zero-order valence-corrected chi connectivity index (χ0v) is 14.8. The molecule has 5 nitrogen and oxygen atoms in total. The third-order valence-electron chi connectivity index (χ3n) is 4.48. The number of ether oxygens (including phenoxy) is 3. The Kier molecular flexibility index (Phi) is 5.85. The van der Waals surface area contributed by atoms with Crippen LogP contribution in [0.4, 0.5) is 0 Å². The van der Waals surface area contributed by atoms with Crippen LogP contribution in [-0.2, 0) is 16.1 Å². The van der Waals surface area contributed by atoms with Crippen molar-refractivity contribution in [3.63, 3.8) is 0 Å². The summed E-state index contributed by atoms with van der Waals surface area (Å²) in [4.78, 5) is 14.2. The molecule has 0 spiro atoms. The summed E-state index contributed by atoms with van der Waals surface area (Å²) in [6.45, 7) is 6.15. The first-order chi connectivity index (χ1) is 11.7. The van der Waals surface area contributed by atoms with Crippen LogP contribution in [0.1, 0.15) is 31.7 Å². The lowest BCUT2D eigenvalue weighted by molar-refractivity contribution is -0.149. The summed E-state index contributed by atoms with van der Waals surface area (Å²) in [6, 6.07) is 3.97. The number of esters is 1. The highest BCUT2D eigenvalue weighted by atomic mass is 35.5. The number of carbonyl (C=O) groups excluding carboxylic acids is 1. The Hall–Kier alpha value is -1.46. The third kappa shape index (κ3) is 4.14. The number of nitrogens with zero attached hydrogens (tertiary/aromatic N) is 1. The molecule has 0 N–H and O–H groups in total. The molecule has 6 heteroatoms. The summed E-state index contributed by atoms with van der Waals surface area (Å²) in [6.07, 6.45) is 2.55. The van der Waals surface area contributed by atoms with Gasteiger partial charge in [-0.05, 0) is 50.6 Å². The van der Waals surface area contributed by atoms with Crippen LogP contribution >= 0.6 is 11.6 Å². The predicted octanol–water partition coefficient (Wildman–Crippen LogP) is 3.28. The molecule has 2 heterocycles. The summed E-state index contributed by atoms with van der Waals surface area (Å²) in [5, 5.41) is 0.603. The molecule has 2 aliphatic heterocycles. The molecule has 3 rings (SSSR count). The molecule has 0 aromatic heterocycles. The van der Waals surface area contributed by atoms with Crippen LogP contribution in [-0.4, -0.2) is 43.8 Å². The van der Waals surface area contributed by atoms with Crippen LogP contribution < -0.4 is 9.47 Å². The Morgan fingerprint density at radius 3 is 2.79 bits per heavy atom. The number of benzene rings is 1. The molecular weight excluding hydrogens is 330 g/mol. The van der Waals surface area contributed by atoms with E-state index in [4.69, 9.17) is 25.8 Å². The SMILES string of the molecule is CCOC(=O)C1CCN(Cc2cc(Cl)c3c(c2)OCCCO3)CC1. The minimum atomic E-state index is -0.0595. The van der Waals surface area contributed by atoms with Gasteiger partial charge in [-0.3, -0.25) is 9.69 Å². The van der Waals surface area contributed by atoms with Crippen molar-refractivity contribution in [1.29, 1.82) is 0 Å². The molecule has 1 saturated heterocycles. The van der Waals surface area contributed by atoms with Gasteiger partial charge in [-0.15, -0.1) is 0 Å². The third-order valence-corrected chi connectivity index (χ3v) is 4.76. The number of rotatable bonds is 4. The van der Waals surface area contributed by atoms with Gasteiger partial charge in [0.15, 0.2) is 11.5 Å². The lowest BCUT2D eigenvalue weighted by Gasteiger charge is -2.31.